The highest BCUT2D eigenvalue weighted by Crippen LogP contribution is 2.15. The van der Waals surface area contributed by atoms with Crippen LogP contribution in [0.2, 0.25) is 0 Å². The molecule has 1 unspecified atom stereocenters. The molecule has 3 nitrogen and oxygen atoms in total. The normalized spacial score (nSPS) is 12.9. The first-order valence-electron chi connectivity index (χ1n) is 6.69. The highest BCUT2D eigenvalue weighted by molar-refractivity contribution is 5.27. The summed E-state index contributed by atoms with van der Waals surface area (Å²) in [5.74, 6) is 1.01. The molecule has 0 spiro atoms. The number of nitrogens with one attached hydrogen (secondary N) is 1. The second kappa shape index (κ2) is 8.11. The Bertz CT molecular complexity index is 322. The van der Waals surface area contributed by atoms with Crippen LogP contribution in [0.25, 0.3) is 0 Å². The van der Waals surface area contributed by atoms with Crippen molar-refractivity contribution in [2.45, 2.75) is 33.2 Å². The maximum absolute atomic E-state index is 9.22. The van der Waals surface area contributed by atoms with E-state index in [2.05, 4.69) is 26.1 Å². The quantitative estimate of drug-likeness (QED) is 0.698. The SMILES string of the molecule is CC(C)CCOCCNC(C)c1ccc(O)cc1. The summed E-state index contributed by atoms with van der Waals surface area (Å²) in [6.07, 6.45) is 1.12. The lowest BCUT2D eigenvalue weighted by molar-refractivity contribution is 0.123. The molecule has 0 amide bonds. The Morgan fingerprint density at radius 3 is 2.39 bits per heavy atom. The van der Waals surface area contributed by atoms with Crippen molar-refractivity contribution in [1.82, 2.24) is 5.32 Å². The van der Waals surface area contributed by atoms with Gasteiger partial charge in [0, 0.05) is 19.2 Å². The first-order valence-corrected chi connectivity index (χ1v) is 6.69. The molecule has 3 heteroatoms. The summed E-state index contributed by atoms with van der Waals surface area (Å²) in [4.78, 5) is 0. The van der Waals surface area contributed by atoms with Gasteiger partial charge in [-0.05, 0) is 37.0 Å². The van der Waals surface area contributed by atoms with Gasteiger partial charge in [-0.1, -0.05) is 26.0 Å². The zero-order valence-electron chi connectivity index (χ0n) is 11.6. The Kier molecular flexibility index (Phi) is 6.76. The van der Waals surface area contributed by atoms with Gasteiger partial charge in [-0.2, -0.15) is 0 Å². The molecule has 0 aliphatic rings. The van der Waals surface area contributed by atoms with Gasteiger partial charge in [-0.25, -0.2) is 0 Å². The van der Waals surface area contributed by atoms with E-state index >= 15 is 0 Å². The van der Waals surface area contributed by atoms with E-state index in [1.165, 1.54) is 5.56 Å². The molecule has 102 valence electrons. The number of ether oxygens (including phenoxy) is 1. The van der Waals surface area contributed by atoms with Crippen molar-refractivity contribution in [3.63, 3.8) is 0 Å². The minimum atomic E-state index is 0.277. The van der Waals surface area contributed by atoms with E-state index in [0.29, 0.717) is 11.7 Å². The van der Waals surface area contributed by atoms with Crippen molar-refractivity contribution in [2.24, 2.45) is 5.92 Å². The number of benzene rings is 1. The first kappa shape index (κ1) is 15.0. The molecule has 0 saturated heterocycles. The molecule has 0 aromatic heterocycles. The van der Waals surface area contributed by atoms with Crippen LogP contribution >= 0.6 is 0 Å². The summed E-state index contributed by atoms with van der Waals surface area (Å²) in [6, 6.07) is 7.58. The maximum Gasteiger partial charge on any atom is 0.115 e. The summed E-state index contributed by atoms with van der Waals surface area (Å²) in [7, 11) is 0. The molecule has 1 aromatic carbocycles. The Morgan fingerprint density at radius 2 is 1.78 bits per heavy atom. The van der Waals surface area contributed by atoms with E-state index in [9.17, 15) is 5.11 Å². The van der Waals surface area contributed by atoms with Crippen LogP contribution < -0.4 is 5.32 Å². The molecule has 1 aromatic rings. The van der Waals surface area contributed by atoms with Gasteiger partial charge in [0.15, 0.2) is 0 Å². The third-order valence-electron chi connectivity index (χ3n) is 2.93. The standard InChI is InChI=1S/C15H25NO2/c1-12(2)8-10-18-11-9-16-13(3)14-4-6-15(17)7-5-14/h4-7,12-13,16-17H,8-11H2,1-3H3. The molecule has 0 fully saturated rings. The van der Waals surface area contributed by atoms with Gasteiger partial charge in [0.2, 0.25) is 0 Å². The van der Waals surface area contributed by atoms with E-state index in [1.54, 1.807) is 12.1 Å². The second-order valence-corrected chi connectivity index (χ2v) is 5.06. The summed E-state index contributed by atoms with van der Waals surface area (Å²) in [5, 5.41) is 12.6. The molecule has 0 aliphatic heterocycles. The lowest BCUT2D eigenvalue weighted by Gasteiger charge is -2.14. The van der Waals surface area contributed by atoms with Gasteiger partial charge >= 0.3 is 0 Å². The molecule has 1 atom stereocenters. The van der Waals surface area contributed by atoms with Gasteiger partial charge < -0.3 is 15.2 Å². The lowest BCUT2D eigenvalue weighted by atomic mass is 10.1. The Morgan fingerprint density at radius 1 is 1.11 bits per heavy atom. The fourth-order valence-corrected chi connectivity index (χ4v) is 1.65. The van der Waals surface area contributed by atoms with Crippen molar-refractivity contribution in [3.05, 3.63) is 29.8 Å². The highest BCUT2D eigenvalue weighted by atomic mass is 16.5. The first-order chi connectivity index (χ1) is 8.59. The Hall–Kier alpha value is -1.06. The topological polar surface area (TPSA) is 41.5 Å². The molecule has 0 heterocycles. The van der Waals surface area contributed by atoms with Crippen molar-refractivity contribution >= 4 is 0 Å². The van der Waals surface area contributed by atoms with Crippen LogP contribution in [0.15, 0.2) is 24.3 Å². The number of hydrogen-bond donors (Lipinski definition) is 2. The number of hydrogen-bond acceptors (Lipinski definition) is 3. The second-order valence-electron chi connectivity index (χ2n) is 5.06. The monoisotopic (exact) mass is 251 g/mol. The van der Waals surface area contributed by atoms with Gasteiger partial charge in [-0.15, -0.1) is 0 Å². The van der Waals surface area contributed by atoms with Crippen LogP contribution in [-0.2, 0) is 4.74 Å². The van der Waals surface area contributed by atoms with Gasteiger partial charge in [-0.3, -0.25) is 0 Å². The molecule has 1 rings (SSSR count). The smallest absolute Gasteiger partial charge is 0.115 e. The minimum Gasteiger partial charge on any atom is -0.508 e. The average Bonchev–Trinajstić information content (AvgIpc) is 2.34. The Labute approximate surface area is 110 Å². The summed E-state index contributed by atoms with van der Waals surface area (Å²) in [6.45, 7) is 8.95. The number of phenols is 1. The van der Waals surface area contributed by atoms with Crippen LogP contribution in [-0.4, -0.2) is 24.9 Å². The third-order valence-corrected chi connectivity index (χ3v) is 2.93. The fourth-order valence-electron chi connectivity index (χ4n) is 1.65. The lowest BCUT2D eigenvalue weighted by Crippen LogP contribution is -2.23. The van der Waals surface area contributed by atoms with Gasteiger partial charge in [0.05, 0.1) is 6.61 Å². The van der Waals surface area contributed by atoms with Crippen LogP contribution in [0, 0.1) is 5.92 Å². The van der Waals surface area contributed by atoms with Gasteiger partial charge in [0.25, 0.3) is 0 Å². The van der Waals surface area contributed by atoms with Crippen LogP contribution in [0.5, 0.6) is 5.75 Å². The summed E-state index contributed by atoms with van der Waals surface area (Å²) < 4.78 is 5.55. The van der Waals surface area contributed by atoms with Crippen LogP contribution in [0.1, 0.15) is 38.8 Å². The number of phenolic OH excluding ortho intramolecular Hbond substituents is 1. The molecule has 0 saturated carbocycles. The molecule has 18 heavy (non-hydrogen) atoms. The van der Waals surface area contributed by atoms with E-state index in [1.807, 2.05) is 12.1 Å². The highest BCUT2D eigenvalue weighted by Gasteiger charge is 2.03. The third kappa shape index (κ3) is 6.03. The summed E-state index contributed by atoms with van der Waals surface area (Å²) >= 11 is 0. The van der Waals surface area contributed by atoms with Crippen molar-refractivity contribution in [3.8, 4) is 5.75 Å². The maximum atomic E-state index is 9.22. The fraction of sp³-hybridized carbons (Fsp3) is 0.600. The van der Waals surface area contributed by atoms with Crippen LogP contribution in [0.3, 0.4) is 0 Å². The zero-order chi connectivity index (χ0) is 13.4. The molecule has 2 N–H and O–H groups in total. The molecule has 0 bridgehead atoms. The largest absolute Gasteiger partial charge is 0.508 e. The minimum absolute atomic E-state index is 0.277. The average molecular weight is 251 g/mol. The zero-order valence-corrected chi connectivity index (χ0v) is 11.6. The molecule has 0 radical (unpaired) electrons. The number of rotatable bonds is 8. The van der Waals surface area contributed by atoms with Crippen molar-refractivity contribution in [1.29, 1.82) is 0 Å². The number of aromatic hydroxyl groups is 1. The van der Waals surface area contributed by atoms with Crippen molar-refractivity contribution < 1.29 is 9.84 Å². The van der Waals surface area contributed by atoms with E-state index in [-0.39, 0.29) is 6.04 Å². The van der Waals surface area contributed by atoms with Crippen LogP contribution in [0.4, 0.5) is 0 Å². The molecular weight excluding hydrogens is 226 g/mol. The Balaban J connectivity index is 2.13. The van der Waals surface area contributed by atoms with Crippen molar-refractivity contribution in [2.75, 3.05) is 19.8 Å². The van der Waals surface area contributed by atoms with E-state index in [0.717, 1.165) is 26.2 Å². The van der Waals surface area contributed by atoms with E-state index in [4.69, 9.17) is 4.74 Å². The predicted molar refractivity (Wildman–Crippen MR) is 74.8 cm³/mol. The van der Waals surface area contributed by atoms with E-state index < -0.39 is 0 Å². The molecular formula is C15H25NO2. The molecule has 0 aliphatic carbocycles. The summed E-state index contributed by atoms with van der Waals surface area (Å²) in [5.41, 5.74) is 1.18. The van der Waals surface area contributed by atoms with Gasteiger partial charge in [0.1, 0.15) is 5.75 Å². The predicted octanol–water partition coefficient (Wildman–Crippen LogP) is 3.11.